The first-order valence-corrected chi connectivity index (χ1v) is 10.7. The van der Waals surface area contributed by atoms with Crippen molar-refractivity contribution in [2.75, 3.05) is 13.1 Å². The van der Waals surface area contributed by atoms with Crippen molar-refractivity contribution in [3.63, 3.8) is 0 Å². The Morgan fingerprint density at radius 2 is 2.03 bits per heavy atom. The Balaban J connectivity index is 1.43. The van der Waals surface area contributed by atoms with E-state index in [0.29, 0.717) is 59.5 Å². The third kappa shape index (κ3) is 3.63. The van der Waals surface area contributed by atoms with E-state index in [1.165, 1.54) is 12.1 Å². The van der Waals surface area contributed by atoms with Gasteiger partial charge in [0.05, 0.1) is 5.69 Å². The maximum absolute atomic E-state index is 13.6. The Kier molecular flexibility index (Phi) is 4.91. The lowest BCUT2D eigenvalue weighted by molar-refractivity contribution is -0.142. The first kappa shape index (κ1) is 21.4. The molecule has 4 heterocycles. The molecule has 1 amide bonds. The van der Waals surface area contributed by atoms with Crippen molar-refractivity contribution in [2.45, 2.75) is 38.8 Å². The molecule has 1 fully saturated rings. The lowest BCUT2D eigenvalue weighted by atomic mass is 10.1. The van der Waals surface area contributed by atoms with Crippen LogP contribution in [0.1, 0.15) is 52.4 Å². The third-order valence-corrected chi connectivity index (χ3v) is 6.28. The molecule has 1 N–H and O–H groups in total. The summed E-state index contributed by atoms with van der Waals surface area (Å²) < 4.78 is 55.1. The number of H-pyrrole nitrogens is 1. The molecule has 172 valence electrons. The van der Waals surface area contributed by atoms with Crippen molar-refractivity contribution in [3.8, 4) is 0 Å². The number of nitrogens with zero attached hydrogens (tertiary/aromatic N) is 4. The molecule has 0 spiro atoms. The number of hydrogen-bond acceptors (Lipinski definition) is 3. The zero-order valence-corrected chi connectivity index (χ0v) is 18.0. The van der Waals surface area contributed by atoms with Gasteiger partial charge in [0.25, 0.3) is 5.91 Å². The first-order valence-electron chi connectivity index (χ1n) is 10.7. The van der Waals surface area contributed by atoms with Crippen LogP contribution in [0.2, 0.25) is 0 Å². The highest BCUT2D eigenvalue weighted by atomic mass is 19.4. The van der Waals surface area contributed by atoms with Crippen molar-refractivity contribution < 1.29 is 22.4 Å². The SMILES string of the molecule is CCc1cc(C(F)(F)F)n2nc(C3CCN(C(=O)c4[nH]c5ccc(F)cc5c4C)C3)cc2n1. The van der Waals surface area contributed by atoms with Gasteiger partial charge in [-0.15, -0.1) is 0 Å². The number of benzene rings is 1. The zero-order valence-electron chi connectivity index (χ0n) is 18.0. The molecule has 6 nitrogen and oxygen atoms in total. The Morgan fingerprint density at radius 3 is 2.76 bits per heavy atom. The van der Waals surface area contributed by atoms with Gasteiger partial charge in [-0.25, -0.2) is 13.9 Å². The number of aryl methyl sites for hydroxylation is 2. The fourth-order valence-corrected chi connectivity index (χ4v) is 4.48. The van der Waals surface area contributed by atoms with E-state index in [-0.39, 0.29) is 23.3 Å². The maximum atomic E-state index is 13.6. The van der Waals surface area contributed by atoms with Crippen LogP contribution in [-0.4, -0.2) is 43.5 Å². The lowest BCUT2D eigenvalue weighted by Crippen LogP contribution is -2.29. The molecule has 1 atom stereocenters. The van der Waals surface area contributed by atoms with E-state index in [1.807, 2.05) is 0 Å². The summed E-state index contributed by atoms with van der Waals surface area (Å²) in [6.07, 6.45) is -3.61. The van der Waals surface area contributed by atoms with Gasteiger partial charge in [-0.05, 0) is 49.6 Å². The van der Waals surface area contributed by atoms with Gasteiger partial charge in [-0.2, -0.15) is 18.3 Å². The van der Waals surface area contributed by atoms with Crippen LogP contribution in [0.4, 0.5) is 17.6 Å². The molecule has 3 aromatic heterocycles. The van der Waals surface area contributed by atoms with E-state index >= 15 is 0 Å². The van der Waals surface area contributed by atoms with Gasteiger partial charge in [0, 0.05) is 41.7 Å². The molecular formula is C23H21F4N5O. The third-order valence-electron chi connectivity index (χ3n) is 6.28. The highest BCUT2D eigenvalue weighted by molar-refractivity contribution is 6.01. The van der Waals surface area contributed by atoms with Crippen LogP contribution < -0.4 is 0 Å². The van der Waals surface area contributed by atoms with E-state index in [9.17, 15) is 22.4 Å². The summed E-state index contributed by atoms with van der Waals surface area (Å²) in [5.41, 5.74) is 1.84. The number of aromatic nitrogens is 4. The van der Waals surface area contributed by atoms with Crippen LogP contribution in [-0.2, 0) is 12.6 Å². The molecule has 0 saturated carbocycles. The fraction of sp³-hybridized carbons (Fsp3) is 0.348. The smallest absolute Gasteiger partial charge is 0.350 e. The van der Waals surface area contributed by atoms with Crippen LogP contribution in [0.25, 0.3) is 16.6 Å². The van der Waals surface area contributed by atoms with E-state index in [1.54, 1.807) is 30.9 Å². The minimum atomic E-state index is -4.56. The predicted molar refractivity (Wildman–Crippen MR) is 114 cm³/mol. The Bertz CT molecular complexity index is 1390. The van der Waals surface area contributed by atoms with Crippen LogP contribution >= 0.6 is 0 Å². The summed E-state index contributed by atoms with van der Waals surface area (Å²) in [4.78, 5) is 22.2. The number of nitrogens with one attached hydrogen (secondary N) is 1. The van der Waals surface area contributed by atoms with Crippen LogP contribution in [0.15, 0.2) is 30.3 Å². The summed E-state index contributed by atoms with van der Waals surface area (Å²) in [7, 11) is 0. The first-order chi connectivity index (χ1) is 15.7. The monoisotopic (exact) mass is 459 g/mol. The summed E-state index contributed by atoms with van der Waals surface area (Å²) in [5, 5.41) is 4.86. The molecule has 1 aromatic carbocycles. The van der Waals surface area contributed by atoms with Crippen LogP contribution in [0, 0.1) is 12.7 Å². The Morgan fingerprint density at radius 1 is 1.24 bits per heavy atom. The number of amides is 1. The average molecular weight is 459 g/mol. The number of fused-ring (bicyclic) bond motifs is 2. The highest BCUT2D eigenvalue weighted by Crippen LogP contribution is 2.33. The molecule has 1 aliphatic heterocycles. The van der Waals surface area contributed by atoms with E-state index in [4.69, 9.17) is 0 Å². The van der Waals surface area contributed by atoms with Crippen LogP contribution in [0.5, 0.6) is 0 Å². The van der Waals surface area contributed by atoms with Gasteiger partial charge >= 0.3 is 6.18 Å². The average Bonchev–Trinajstić information content (AvgIpc) is 3.49. The number of carbonyl (C=O) groups is 1. The Labute approximate surface area is 186 Å². The second-order valence-corrected chi connectivity index (χ2v) is 8.37. The van der Waals surface area contributed by atoms with E-state index in [0.717, 1.165) is 10.6 Å². The molecular weight excluding hydrogens is 438 g/mol. The lowest BCUT2D eigenvalue weighted by Gasteiger charge is -2.15. The van der Waals surface area contributed by atoms with Crippen molar-refractivity contribution in [3.05, 3.63) is 64.5 Å². The number of carbonyl (C=O) groups excluding carboxylic acids is 1. The number of likely N-dealkylation sites (tertiary alicyclic amines) is 1. The molecule has 33 heavy (non-hydrogen) atoms. The molecule has 1 saturated heterocycles. The molecule has 0 bridgehead atoms. The predicted octanol–water partition coefficient (Wildman–Crippen LogP) is 4.87. The number of rotatable bonds is 3. The minimum Gasteiger partial charge on any atom is -0.350 e. The van der Waals surface area contributed by atoms with Crippen molar-refractivity contribution in [1.29, 1.82) is 0 Å². The zero-order chi connectivity index (χ0) is 23.5. The number of aromatic amines is 1. The summed E-state index contributed by atoms with van der Waals surface area (Å²) in [6.45, 7) is 4.28. The molecule has 5 rings (SSSR count). The molecule has 0 radical (unpaired) electrons. The van der Waals surface area contributed by atoms with Crippen LogP contribution in [0.3, 0.4) is 0 Å². The van der Waals surface area contributed by atoms with Crippen molar-refractivity contribution >= 4 is 22.5 Å². The topological polar surface area (TPSA) is 66.3 Å². The number of hydrogen-bond donors (Lipinski definition) is 1. The molecule has 1 unspecified atom stereocenters. The van der Waals surface area contributed by atoms with Gasteiger partial charge < -0.3 is 9.88 Å². The van der Waals surface area contributed by atoms with Crippen molar-refractivity contribution in [1.82, 2.24) is 24.5 Å². The summed E-state index contributed by atoms with van der Waals surface area (Å²) in [6, 6.07) is 6.90. The quantitative estimate of drug-likeness (QED) is 0.445. The number of alkyl halides is 3. The molecule has 4 aromatic rings. The second-order valence-electron chi connectivity index (χ2n) is 8.37. The largest absolute Gasteiger partial charge is 0.433 e. The normalized spacial score (nSPS) is 16.9. The molecule has 10 heteroatoms. The van der Waals surface area contributed by atoms with E-state index < -0.39 is 11.9 Å². The fourth-order valence-electron chi connectivity index (χ4n) is 4.48. The standard InChI is InChI=1S/C23H21F4N5O/c1-3-15-9-19(23(25,26)27)32-20(28-15)10-18(30-32)13-6-7-31(11-13)22(33)21-12(2)16-8-14(24)4-5-17(16)29-21/h4-5,8-10,13,29H,3,6-7,11H2,1-2H3. The Hall–Kier alpha value is -3.43. The maximum Gasteiger partial charge on any atom is 0.433 e. The summed E-state index contributed by atoms with van der Waals surface area (Å²) in [5.74, 6) is -0.809. The van der Waals surface area contributed by atoms with Gasteiger partial charge in [-0.1, -0.05) is 6.92 Å². The van der Waals surface area contributed by atoms with Gasteiger partial charge in [0.15, 0.2) is 5.65 Å². The van der Waals surface area contributed by atoms with Gasteiger partial charge in [-0.3, -0.25) is 4.79 Å². The van der Waals surface area contributed by atoms with Crippen molar-refractivity contribution in [2.24, 2.45) is 0 Å². The molecule has 0 aliphatic carbocycles. The van der Waals surface area contributed by atoms with Gasteiger partial charge in [0.1, 0.15) is 17.2 Å². The molecule has 1 aliphatic rings. The minimum absolute atomic E-state index is 0.148. The second kappa shape index (κ2) is 7.57. The highest BCUT2D eigenvalue weighted by Gasteiger charge is 2.36. The van der Waals surface area contributed by atoms with Gasteiger partial charge in [0.2, 0.25) is 0 Å². The summed E-state index contributed by atoms with van der Waals surface area (Å²) >= 11 is 0. The number of halogens is 4. The van der Waals surface area contributed by atoms with E-state index in [2.05, 4.69) is 15.1 Å².